The average Bonchev–Trinajstić information content (AvgIpc) is 3.03. The molecule has 2 fully saturated rings. The van der Waals surface area contributed by atoms with Crippen molar-refractivity contribution in [1.82, 2.24) is 15.5 Å². The van der Waals surface area contributed by atoms with Crippen LogP contribution >= 0.6 is 11.8 Å². The van der Waals surface area contributed by atoms with Crippen LogP contribution in [0.15, 0.2) is 91.0 Å². The summed E-state index contributed by atoms with van der Waals surface area (Å²) >= 11 is 1.35. The number of thioether (sulfide) groups is 1. The van der Waals surface area contributed by atoms with Gasteiger partial charge in [-0.25, -0.2) is 4.79 Å². The fourth-order valence-electron chi connectivity index (χ4n) is 5.00. The van der Waals surface area contributed by atoms with Crippen molar-refractivity contribution >= 4 is 41.2 Å². The van der Waals surface area contributed by atoms with Crippen LogP contribution in [0, 0.1) is 0 Å². The van der Waals surface area contributed by atoms with Crippen molar-refractivity contribution in [1.29, 1.82) is 0 Å². The van der Waals surface area contributed by atoms with Crippen molar-refractivity contribution in [2.75, 3.05) is 12.3 Å². The van der Waals surface area contributed by atoms with E-state index in [0.717, 1.165) is 11.1 Å². The van der Waals surface area contributed by atoms with Gasteiger partial charge in [0.25, 0.3) is 5.91 Å². The summed E-state index contributed by atoms with van der Waals surface area (Å²) in [5.74, 6) is -1.34. The van der Waals surface area contributed by atoms with Crippen LogP contribution in [0.5, 0.6) is 0 Å². The number of ketones is 1. The summed E-state index contributed by atoms with van der Waals surface area (Å²) < 4.78 is 6.02. The Hall–Kier alpha value is -4.44. The lowest BCUT2D eigenvalue weighted by atomic mass is 10.0. The minimum absolute atomic E-state index is 0.00776. The van der Waals surface area contributed by atoms with Gasteiger partial charge >= 0.3 is 5.97 Å². The van der Waals surface area contributed by atoms with E-state index >= 15 is 0 Å². The Morgan fingerprint density at radius 3 is 2.10 bits per heavy atom. The van der Waals surface area contributed by atoms with Gasteiger partial charge in [-0.05, 0) is 36.1 Å². The van der Waals surface area contributed by atoms with Crippen molar-refractivity contribution in [2.45, 2.75) is 42.8 Å². The number of Topliss-reactive ketones (excluding diaryl/α,β-unsaturated/α-hetero) is 1. The van der Waals surface area contributed by atoms with Crippen LogP contribution in [0.3, 0.4) is 0 Å². The maximum absolute atomic E-state index is 13.6. The smallest absolute Gasteiger partial charge is 0.329 e. The first-order chi connectivity index (χ1) is 20.4. The van der Waals surface area contributed by atoms with Crippen LogP contribution in [0.1, 0.15) is 46.9 Å². The molecule has 0 saturated carbocycles. The van der Waals surface area contributed by atoms with Gasteiger partial charge in [-0.2, -0.15) is 0 Å². The third-order valence-electron chi connectivity index (χ3n) is 7.18. The zero-order valence-electron chi connectivity index (χ0n) is 22.8. The summed E-state index contributed by atoms with van der Waals surface area (Å²) in [6.07, 6.45) is -0.223. The largest absolute Gasteiger partial charge is 0.451 e. The number of ether oxygens (including phenoxy) is 1. The lowest BCUT2D eigenvalue weighted by Crippen LogP contribution is -2.71. The molecule has 5 rings (SSSR count). The zero-order chi connectivity index (χ0) is 29.5. The second-order valence-electron chi connectivity index (χ2n) is 10.2. The van der Waals surface area contributed by atoms with Crippen molar-refractivity contribution in [3.05, 3.63) is 108 Å². The van der Waals surface area contributed by atoms with Gasteiger partial charge in [-0.15, -0.1) is 11.8 Å². The second-order valence-corrected chi connectivity index (χ2v) is 11.3. The Bertz CT molecular complexity index is 1400. The van der Waals surface area contributed by atoms with Gasteiger partial charge in [-0.1, -0.05) is 78.9 Å². The molecule has 42 heavy (non-hydrogen) atoms. The summed E-state index contributed by atoms with van der Waals surface area (Å²) in [7, 11) is 0. The maximum atomic E-state index is 13.6. The van der Waals surface area contributed by atoms with Crippen molar-refractivity contribution in [3.63, 3.8) is 0 Å². The van der Waals surface area contributed by atoms with Crippen LogP contribution < -0.4 is 10.6 Å². The number of benzene rings is 3. The Labute approximate surface area is 248 Å². The predicted octanol–water partition coefficient (Wildman–Crippen LogP) is 3.26. The van der Waals surface area contributed by atoms with Crippen LogP contribution in [-0.2, 0) is 23.9 Å². The number of rotatable bonds is 11. The normalized spacial score (nSPS) is 18.5. The van der Waals surface area contributed by atoms with Crippen molar-refractivity contribution < 1.29 is 28.7 Å². The van der Waals surface area contributed by atoms with E-state index in [1.165, 1.54) is 16.7 Å². The number of fused-ring (bicyclic) bond motifs is 1. The van der Waals surface area contributed by atoms with Crippen LogP contribution in [0.25, 0.3) is 0 Å². The fraction of sp³-hybridized carbons (Fsp3) is 0.281. The number of nitrogens with zero attached hydrogens (tertiary/aromatic N) is 1. The first-order valence-corrected chi connectivity index (χ1v) is 14.8. The lowest BCUT2D eigenvalue weighted by molar-refractivity contribution is -0.151. The van der Waals surface area contributed by atoms with Gasteiger partial charge in [-0.3, -0.25) is 19.2 Å². The number of carbonyl (C=O) groups is 5. The van der Waals surface area contributed by atoms with E-state index in [0.29, 0.717) is 11.3 Å². The molecule has 3 aromatic carbocycles. The van der Waals surface area contributed by atoms with Crippen LogP contribution in [-0.4, -0.2) is 64.1 Å². The summed E-state index contributed by atoms with van der Waals surface area (Å²) in [5.41, 5.74) is 1.96. The molecule has 9 nitrogen and oxygen atoms in total. The average molecular weight is 586 g/mol. The predicted molar refractivity (Wildman–Crippen MR) is 157 cm³/mol. The molecule has 216 valence electrons. The fourth-order valence-corrected chi connectivity index (χ4v) is 6.18. The first-order valence-electron chi connectivity index (χ1n) is 13.8. The number of hydrogen-bond acceptors (Lipinski definition) is 7. The van der Waals surface area contributed by atoms with Crippen LogP contribution in [0.4, 0.5) is 0 Å². The highest BCUT2D eigenvalue weighted by Crippen LogP contribution is 2.33. The standard InChI is InChI=1S/C32H31N3O6S/c36-24-19-35-30(39)27(31(35)42-20-24)34-26(37)18-10-17-25(33-29(38)23-15-8-3-9-16-23)32(40)41-28(21-11-4-1-5-12-21)22-13-6-2-7-14-22/h1-9,11-16,25,27-28,31H,10,17-20H2,(H,33,38)(H,34,37)/t25?,27-,31-/m1/s1. The molecule has 0 aromatic heterocycles. The molecule has 3 aromatic rings. The molecule has 0 radical (unpaired) electrons. The number of esters is 1. The minimum Gasteiger partial charge on any atom is -0.451 e. The Balaban J connectivity index is 1.24. The van der Waals surface area contributed by atoms with Gasteiger partial charge in [0.2, 0.25) is 11.8 Å². The van der Waals surface area contributed by atoms with Crippen molar-refractivity contribution in [3.8, 4) is 0 Å². The Kier molecular flexibility index (Phi) is 9.33. The lowest BCUT2D eigenvalue weighted by Gasteiger charge is -2.48. The molecular weight excluding hydrogens is 554 g/mol. The second kappa shape index (κ2) is 13.5. The number of carbonyl (C=O) groups excluding carboxylic acids is 5. The zero-order valence-corrected chi connectivity index (χ0v) is 23.6. The first kappa shape index (κ1) is 29.1. The Morgan fingerprint density at radius 2 is 1.48 bits per heavy atom. The highest BCUT2D eigenvalue weighted by atomic mass is 32.2. The molecule has 2 N–H and O–H groups in total. The molecule has 0 bridgehead atoms. The molecule has 10 heteroatoms. The number of hydrogen-bond donors (Lipinski definition) is 2. The van der Waals surface area contributed by atoms with Gasteiger partial charge in [0.1, 0.15) is 17.5 Å². The van der Waals surface area contributed by atoms with E-state index in [1.807, 2.05) is 60.7 Å². The monoisotopic (exact) mass is 585 g/mol. The molecule has 3 atom stereocenters. The topological polar surface area (TPSA) is 122 Å². The van der Waals surface area contributed by atoms with Crippen molar-refractivity contribution in [2.24, 2.45) is 0 Å². The summed E-state index contributed by atoms with van der Waals surface area (Å²) in [6, 6.07) is 25.6. The van der Waals surface area contributed by atoms with Gasteiger partial charge in [0, 0.05) is 12.0 Å². The third kappa shape index (κ3) is 6.88. The number of β-lactam (4-membered cyclic amide) rings is 1. The minimum atomic E-state index is -1.01. The molecule has 1 unspecified atom stereocenters. The summed E-state index contributed by atoms with van der Waals surface area (Å²) in [6.45, 7) is 0.0841. The number of nitrogens with one attached hydrogen (secondary N) is 2. The third-order valence-corrected chi connectivity index (χ3v) is 8.54. The molecule has 0 aliphatic carbocycles. The van der Waals surface area contributed by atoms with Gasteiger partial charge < -0.3 is 20.3 Å². The highest BCUT2D eigenvalue weighted by Gasteiger charge is 2.51. The SMILES string of the molecule is O=C1CS[C@@H]2[C@H](NC(=O)CCCC(NC(=O)c3ccccc3)C(=O)OC(c3ccccc3)c3ccccc3)C(=O)N2C1. The van der Waals surface area contributed by atoms with Gasteiger partial charge in [0.15, 0.2) is 11.9 Å². The van der Waals surface area contributed by atoms with E-state index < -0.39 is 30.1 Å². The maximum Gasteiger partial charge on any atom is 0.329 e. The molecule has 2 aliphatic heterocycles. The molecule has 3 amide bonds. The quantitative estimate of drug-likeness (QED) is 0.262. The molecule has 2 heterocycles. The summed E-state index contributed by atoms with van der Waals surface area (Å²) in [5, 5.41) is 5.31. The molecule has 2 aliphatic rings. The number of amides is 3. The van der Waals surface area contributed by atoms with E-state index in [1.54, 1.807) is 30.3 Å². The Morgan fingerprint density at radius 1 is 0.881 bits per heavy atom. The van der Waals surface area contributed by atoms with E-state index in [4.69, 9.17) is 4.74 Å². The van der Waals surface area contributed by atoms with E-state index in [-0.39, 0.29) is 48.8 Å². The van der Waals surface area contributed by atoms with Crippen LogP contribution in [0.2, 0.25) is 0 Å². The molecule has 2 saturated heterocycles. The van der Waals surface area contributed by atoms with Gasteiger partial charge in [0.05, 0.1) is 12.3 Å². The van der Waals surface area contributed by atoms with E-state index in [9.17, 15) is 24.0 Å². The summed E-state index contributed by atoms with van der Waals surface area (Å²) in [4.78, 5) is 64.8. The molecular formula is C32H31N3O6S. The molecule has 0 spiro atoms. The van der Waals surface area contributed by atoms with E-state index in [2.05, 4.69) is 10.6 Å². The highest BCUT2D eigenvalue weighted by molar-refractivity contribution is 8.00.